The van der Waals surface area contributed by atoms with Crippen molar-refractivity contribution in [3.05, 3.63) is 90.5 Å². The number of rotatable bonds is 5. The summed E-state index contributed by atoms with van der Waals surface area (Å²) in [5.74, 6) is 2.22. The van der Waals surface area contributed by atoms with Gasteiger partial charge in [0.25, 0.3) is 0 Å². The van der Waals surface area contributed by atoms with Crippen LogP contribution in [-0.4, -0.2) is 23.6 Å². The Bertz CT molecular complexity index is 1240. The average Bonchev–Trinajstić information content (AvgIpc) is 3.22. The van der Waals surface area contributed by atoms with E-state index in [-0.39, 0.29) is 0 Å². The predicted molar refractivity (Wildman–Crippen MR) is 118 cm³/mol. The molecule has 0 saturated heterocycles. The number of furan rings is 1. The Kier molecular flexibility index (Phi) is 4.45. The highest BCUT2D eigenvalue weighted by Gasteiger charge is 2.15. The number of aromatic nitrogens is 2. The minimum Gasteiger partial charge on any atom is -0.453 e. The highest BCUT2D eigenvalue weighted by Crippen LogP contribution is 2.30. The molecule has 0 atom stereocenters. The van der Waals surface area contributed by atoms with Gasteiger partial charge in [-0.15, -0.1) is 0 Å². The van der Waals surface area contributed by atoms with Crippen molar-refractivity contribution in [2.24, 2.45) is 0 Å². The molecule has 0 fully saturated rings. The molecule has 0 aliphatic rings. The second-order valence-corrected chi connectivity index (χ2v) is 7.19. The van der Waals surface area contributed by atoms with Crippen molar-refractivity contribution >= 4 is 27.7 Å². The Morgan fingerprint density at radius 1 is 0.828 bits per heavy atom. The van der Waals surface area contributed by atoms with E-state index >= 15 is 0 Å². The van der Waals surface area contributed by atoms with E-state index in [0.29, 0.717) is 11.6 Å². The number of para-hydroxylation sites is 2. The van der Waals surface area contributed by atoms with Gasteiger partial charge in [-0.25, -0.2) is 9.97 Å². The summed E-state index contributed by atoms with van der Waals surface area (Å²) in [6.07, 6.45) is 0.954. The van der Waals surface area contributed by atoms with Crippen molar-refractivity contribution in [2.45, 2.75) is 6.42 Å². The molecule has 2 aromatic heterocycles. The van der Waals surface area contributed by atoms with E-state index in [4.69, 9.17) is 14.4 Å². The number of anilines is 1. The maximum atomic E-state index is 6.02. The van der Waals surface area contributed by atoms with Crippen LogP contribution in [0.1, 0.15) is 5.56 Å². The molecular formula is C25H21N3O. The topological polar surface area (TPSA) is 42.2 Å². The smallest absolute Gasteiger partial charge is 0.198 e. The molecule has 0 spiro atoms. The van der Waals surface area contributed by atoms with Crippen LogP contribution < -0.4 is 4.90 Å². The van der Waals surface area contributed by atoms with Crippen LogP contribution in [0, 0.1) is 0 Å². The molecule has 0 aliphatic heterocycles. The molecule has 5 rings (SSSR count). The van der Waals surface area contributed by atoms with Gasteiger partial charge in [0.15, 0.2) is 11.6 Å². The molecule has 0 radical (unpaired) electrons. The first-order chi connectivity index (χ1) is 14.3. The number of nitrogens with zero attached hydrogens (tertiary/aromatic N) is 3. The van der Waals surface area contributed by atoms with Gasteiger partial charge in [0.05, 0.1) is 5.52 Å². The molecule has 29 heavy (non-hydrogen) atoms. The molecule has 0 saturated carbocycles. The summed E-state index contributed by atoms with van der Waals surface area (Å²) in [4.78, 5) is 11.9. The number of hydrogen-bond donors (Lipinski definition) is 0. The first-order valence-corrected chi connectivity index (χ1v) is 9.79. The summed E-state index contributed by atoms with van der Waals surface area (Å²) < 4.78 is 6.02. The molecule has 3 aromatic carbocycles. The van der Waals surface area contributed by atoms with E-state index in [9.17, 15) is 0 Å². The third-order valence-corrected chi connectivity index (χ3v) is 5.17. The number of hydrogen-bond acceptors (Lipinski definition) is 4. The Labute approximate surface area is 169 Å². The minimum absolute atomic E-state index is 0.612. The molecule has 0 unspecified atom stereocenters. The third kappa shape index (κ3) is 3.45. The highest BCUT2D eigenvalue weighted by atomic mass is 16.3. The lowest BCUT2D eigenvalue weighted by molar-refractivity contribution is 0.625. The van der Waals surface area contributed by atoms with Crippen LogP contribution >= 0.6 is 0 Å². The first kappa shape index (κ1) is 17.4. The lowest BCUT2D eigenvalue weighted by atomic mass is 10.1. The lowest BCUT2D eigenvalue weighted by Gasteiger charge is -2.20. The van der Waals surface area contributed by atoms with E-state index in [1.807, 2.05) is 54.6 Å². The van der Waals surface area contributed by atoms with Crippen LogP contribution in [-0.2, 0) is 6.42 Å². The van der Waals surface area contributed by atoms with Gasteiger partial charge in [-0.3, -0.25) is 0 Å². The van der Waals surface area contributed by atoms with Crippen molar-refractivity contribution in [2.75, 3.05) is 18.5 Å². The normalized spacial score (nSPS) is 11.2. The van der Waals surface area contributed by atoms with Crippen molar-refractivity contribution in [3.63, 3.8) is 0 Å². The molecule has 0 aliphatic carbocycles. The van der Waals surface area contributed by atoms with Gasteiger partial charge in [0.2, 0.25) is 0 Å². The minimum atomic E-state index is 0.612. The molecule has 0 N–H and O–H groups in total. The van der Waals surface area contributed by atoms with Crippen molar-refractivity contribution < 1.29 is 4.42 Å². The summed E-state index contributed by atoms with van der Waals surface area (Å²) in [7, 11) is 2.08. The van der Waals surface area contributed by atoms with Crippen LogP contribution in [0.15, 0.2) is 89.3 Å². The second kappa shape index (κ2) is 7.40. The van der Waals surface area contributed by atoms with E-state index in [1.165, 1.54) is 5.56 Å². The van der Waals surface area contributed by atoms with Gasteiger partial charge in [-0.2, -0.15) is 0 Å². The Morgan fingerprint density at radius 2 is 1.59 bits per heavy atom. The van der Waals surface area contributed by atoms with E-state index < -0.39 is 0 Å². The van der Waals surface area contributed by atoms with Gasteiger partial charge in [0.1, 0.15) is 11.4 Å². The number of likely N-dealkylation sites (N-methyl/N-ethyl adjacent to an activating group) is 1. The summed E-state index contributed by atoms with van der Waals surface area (Å²) in [5.41, 5.74) is 3.08. The van der Waals surface area contributed by atoms with Crippen LogP contribution in [0.3, 0.4) is 0 Å². The fraction of sp³-hybridized carbons (Fsp3) is 0.120. The third-order valence-electron chi connectivity index (χ3n) is 5.17. The Hall–Kier alpha value is -3.66. The molecule has 142 valence electrons. The zero-order valence-electron chi connectivity index (χ0n) is 16.2. The van der Waals surface area contributed by atoms with Crippen molar-refractivity contribution in [3.8, 4) is 11.6 Å². The second-order valence-electron chi connectivity index (χ2n) is 7.19. The zero-order chi connectivity index (χ0) is 19.6. The van der Waals surface area contributed by atoms with E-state index in [2.05, 4.69) is 42.3 Å². The maximum absolute atomic E-state index is 6.02. The quantitative estimate of drug-likeness (QED) is 0.391. The van der Waals surface area contributed by atoms with Gasteiger partial charge in [0, 0.05) is 24.4 Å². The van der Waals surface area contributed by atoms with Gasteiger partial charge >= 0.3 is 0 Å². The molecule has 0 amide bonds. The zero-order valence-corrected chi connectivity index (χ0v) is 16.2. The highest BCUT2D eigenvalue weighted by molar-refractivity contribution is 5.91. The Balaban J connectivity index is 1.55. The lowest BCUT2D eigenvalue weighted by Crippen LogP contribution is -2.22. The molecule has 4 nitrogen and oxygen atoms in total. The molecule has 5 aromatic rings. The first-order valence-electron chi connectivity index (χ1n) is 9.79. The SMILES string of the molecule is CN(CCc1ccccc1)c1nc(-c2cc3ccccc3o2)nc2ccccc12. The van der Waals surface area contributed by atoms with Crippen LogP contribution in [0.4, 0.5) is 5.82 Å². The Morgan fingerprint density at radius 3 is 2.45 bits per heavy atom. The summed E-state index contributed by atoms with van der Waals surface area (Å²) in [6, 6.07) is 28.6. The largest absolute Gasteiger partial charge is 0.453 e. The van der Waals surface area contributed by atoms with Crippen LogP contribution in [0.25, 0.3) is 33.5 Å². The van der Waals surface area contributed by atoms with Crippen LogP contribution in [0.2, 0.25) is 0 Å². The molecule has 4 heteroatoms. The van der Waals surface area contributed by atoms with Gasteiger partial charge in [-0.05, 0) is 36.2 Å². The fourth-order valence-electron chi connectivity index (χ4n) is 3.60. The van der Waals surface area contributed by atoms with E-state index in [0.717, 1.165) is 40.7 Å². The standard InChI is InChI=1S/C25H21N3O/c1-28(16-15-18-9-3-2-4-10-18)25-20-12-6-7-13-21(20)26-24(27-25)23-17-19-11-5-8-14-22(19)29-23/h2-14,17H,15-16H2,1H3. The predicted octanol–water partition coefficient (Wildman–Crippen LogP) is 5.72. The van der Waals surface area contributed by atoms with E-state index in [1.54, 1.807) is 0 Å². The maximum Gasteiger partial charge on any atom is 0.198 e. The van der Waals surface area contributed by atoms with Crippen molar-refractivity contribution in [1.29, 1.82) is 0 Å². The summed E-state index contributed by atoms with van der Waals surface area (Å²) >= 11 is 0. The molecule has 0 bridgehead atoms. The van der Waals surface area contributed by atoms with Gasteiger partial charge < -0.3 is 9.32 Å². The van der Waals surface area contributed by atoms with Crippen LogP contribution in [0.5, 0.6) is 0 Å². The van der Waals surface area contributed by atoms with Gasteiger partial charge in [-0.1, -0.05) is 60.7 Å². The van der Waals surface area contributed by atoms with Crippen molar-refractivity contribution in [1.82, 2.24) is 9.97 Å². The average molecular weight is 379 g/mol. The summed E-state index contributed by atoms with van der Waals surface area (Å²) in [5, 5.41) is 2.10. The number of fused-ring (bicyclic) bond motifs is 2. The number of benzene rings is 3. The monoisotopic (exact) mass is 379 g/mol. The molecular weight excluding hydrogens is 358 g/mol. The fourth-order valence-corrected chi connectivity index (χ4v) is 3.60. The summed E-state index contributed by atoms with van der Waals surface area (Å²) in [6.45, 7) is 0.866. The molecule has 2 heterocycles.